The monoisotopic (exact) mass is 351 g/mol. The largest absolute Gasteiger partial charge is 0.454 e. The lowest BCUT2D eigenvalue weighted by atomic mass is 10.2. The topological polar surface area (TPSA) is 81.7 Å². The lowest BCUT2D eigenvalue weighted by Gasteiger charge is -2.02. The highest BCUT2D eigenvalue weighted by Gasteiger charge is 2.18. The molecule has 1 aromatic carbocycles. The van der Waals surface area contributed by atoms with Crippen molar-refractivity contribution in [3.8, 4) is 11.5 Å². The Morgan fingerprint density at radius 2 is 2.00 bits per heavy atom. The van der Waals surface area contributed by atoms with Gasteiger partial charge < -0.3 is 9.47 Å². The van der Waals surface area contributed by atoms with Crippen molar-refractivity contribution in [3.05, 3.63) is 46.8 Å². The molecule has 0 radical (unpaired) electrons. The lowest BCUT2D eigenvalue weighted by Crippen LogP contribution is -2.28. The average molecular weight is 351 g/mol. The molecule has 0 unspecified atom stereocenters. The summed E-state index contributed by atoms with van der Waals surface area (Å²) in [7, 11) is -3.83. The first-order chi connectivity index (χ1) is 10.9. The van der Waals surface area contributed by atoms with Gasteiger partial charge in [-0.05, 0) is 42.8 Å². The number of aryl methyl sites for hydroxylation is 1. The van der Waals surface area contributed by atoms with Crippen LogP contribution < -0.4 is 14.2 Å². The summed E-state index contributed by atoms with van der Waals surface area (Å²) in [5.74, 6) is 0.519. The highest BCUT2D eigenvalue weighted by Crippen LogP contribution is 2.32. The maximum Gasteiger partial charge on any atom is 0.273 e. The number of thiophene rings is 1. The highest BCUT2D eigenvalue weighted by molar-refractivity contribution is 7.92. The predicted octanol–water partition coefficient (Wildman–Crippen LogP) is 2.30. The van der Waals surface area contributed by atoms with E-state index in [0.29, 0.717) is 17.1 Å². The summed E-state index contributed by atoms with van der Waals surface area (Å²) in [6, 6.07) is 8.34. The van der Waals surface area contributed by atoms with Gasteiger partial charge in [0.2, 0.25) is 6.79 Å². The van der Waals surface area contributed by atoms with Crippen molar-refractivity contribution in [2.45, 2.75) is 11.1 Å². The molecular formula is C15H13NO5S2. The van der Waals surface area contributed by atoms with E-state index in [1.165, 1.54) is 12.1 Å². The lowest BCUT2D eigenvalue weighted by molar-refractivity contribution is -0.114. The standard InChI is InChI=1S/C15H13NO5S2/c1-10-2-7-15(22-10)23(18,19)16-14(17)6-4-11-3-5-12-13(8-11)21-9-20-12/h2-8H,9H2,1H3,(H,16,17)/b6-4+. The summed E-state index contributed by atoms with van der Waals surface area (Å²) < 4.78 is 36.6. The summed E-state index contributed by atoms with van der Waals surface area (Å²) in [6.45, 7) is 1.96. The van der Waals surface area contributed by atoms with E-state index in [1.807, 2.05) is 4.72 Å². The zero-order valence-electron chi connectivity index (χ0n) is 12.1. The second kappa shape index (κ2) is 6.05. The molecule has 6 nitrogen and oxygen atoms in total. The van der Waals surface area contributed by atoms with Crippen LogP contribution in [0.15, 0.2) is 40.6 Å². The zero-order chi connectivity index (χ0) is 16.4. The van der Waals surface area contributed by atoms with Crippen molar-refractivity contribution < 1.29 is 22.7 Å². The van der Waals surface area contributed by atoms with Gasteiger partial charge in [-0.15, -0.1) is 11.3 Å². The Bertz CT molecular complexity index is 883. The molecule has 120 valence electrons. The smallest absolute Gasteiger partial charge is 0.273 e. The third-order valence-electron chi connectivity index (χ3n) is 3.04. The van der Waals surface area contributed by atoms with Crippen LogP contribution in [0.2, 0.25) is 0 Å². The van der Waals surface area contributed by atoms with E-state index in [4.69, 9.17) is 9.47 Å². The first-order valence-electron chi connectivity index (χ1n) is 6.65. The maximum atomic E-state index is 12.0. The molecular weight excluding hydrogens is 338 g/mol. The fourth-order valence-electron chi connectivity index (χ4n) is 1.96. The molecule has 1 aliphatic heterocycles. The second-order valence-electron chi connectivity index (χ2n) is 4.78. The molecule has 0 atom stereocenters. The third-order valence-corrected chi connectivity index (χ3v) is 5.88. The van der Waals surface area contributed by atoms with E-state index in [1.54, 1.807) is 31.2 Å². The van der Waals surface area contributed by atoms with Crippen LogP contribution in [0.3, 0.4) is 0 Å². The van der Waals surface area contributed by atoms with Gasteiger partial charge in [0.15, 0.2) is 11.5 Å². The van der Waals surface area contributed by atoms with Gasteiger partial charge >= 0.3 is 0 Å². The Balaban J connectivity index is 1.69. The van der Waals surface area contributed by atoms with E-state index in [-0.39, 0.29) is 11.0 Å². The van der Waals surface area contributed by atoms with Gasteiger partial charge in [-0.2, -0.15) is 0 Å². The molecule has 23 heavy (non-hydrogen) atoms. The number of nitrogens with one attached hydrogen (secondary N) is 1. The van der Waals surface area contributed by atoms with Gasteiger partial charge in [0.25, 0.3) is 15.9 Å². The molecule has 1 aromatic heterocycles. The van der Waals surface area contributed by atoms with E-state index in [0.717, 1.165) is 22.3 Å². The molecule has 0 aliphatic carbocycles. The zero-order valence-corrected chi connectivity index (χ0v) is 13.7. The number of fused-ring (bicyclic) bond motifs is 1. The fraction of sp³-hybridized carbons (Fsp3) is 0.133. The van der Waals surface area contributed by atoms with E-state index in [2.05, 4.69) is 0 Å². The van der Waals surface area contributed by atoms with Crippen molar-refractivity contribution in [2.24, 2.45) is 0 Å². The Labute approximate surface area is 137 Å². The van der Waals surface area contributed by atoms with Crippen molar-refractivity contribution in [3.63, 3.8) is 0 Å². The van der Waals surface area contributed by atoms with Gasteiger partial charge in [0.1, 0.15) is 4.21 Å². The van der Waals surface area contributed by atoms with E-state index in [9.17, 15) is 13.2 Å². The molecule has 8 heteroatoms. The second-order valence-corrected chi connectivity index (χ2v) is 7.98. The minimum absolute atomic E-state index is 0.111. The molecule has 1 amide bonds. The van der Waals surface area contributed by atoms with Gasteiger partial charge in [-0.3, -0.25) is 4.79 Å². The van der Waals surface area contributed by atoms with Crippen LogP contribution in [0.1, 0.15) is 10.4 Å². The van der Waals surface area contributed by atoms with Crippen molar-refractivity contribution in [1.29, 1.82) is 0 Å². The van der Waals surface area contributed by atoms with Gasteiger partial charge in [0.05, 0.1) is 0 Å². The molecule has 0 bridgehead atoms. The van der Waals surface area contributed by atoms with Crippen molar-refractivity contribution in [1.82, 2.24) is 4.72 Å². The molecule has 1 aliphatic rings. The number of hydrogen-bond acceptors (Lipinski definition) is 6. The summed E-state index contributed by atoms with van der Waals surface area (Å²) in [4.78, 5) is 12.7. The number of sulfonamides is 1. The maximum absolute atomic E-state index is 12.0. The van der Waals surface area contributed by atoms with Crippen LogP contribution >= 0.6 is 11.3 Å². The average Bonchev–Trinajstić information content (AvgIpc) is 3.13. The van der Waals surface area contributed by atoms with Crippen LogP contribution in [0, 0.1) is 6.92 Å². The Morgan fingerprint density at radius 3 is 2.74 bits per heavy atom. The Hall–Kier alpha value is -2.32. The molecule has 0 spiro atoms. The number of carbonyl (C=O) groups is 1. The number of ether oxygens (including phenoxy) is 2. The van der Waals surface area contributed by atoms with Gasteiger partial charge in [-0.1, -0.05) is 6.07 Å². The SMILES string of the molecule is Cc1ccc(S(=O)(=O)NC(=O)/C=C/c2ccc3c(c2)OCO3)s1. The number of amides is 1. The van der Waals surface area contributed by atoms with Gasteiger partial charge in [0, 0.05) is 11.0 Å². The molecule has 0 fully saturated rings. The Morgan fingerprint density at radius 1 is 1.22 bits per heavy atom. The predicted molar refractivity (Wildman–Crippen MR) is 86.0 cm³/mol. The van der Waals surface area contributed by atoms with Crippen LogP contribution in [-0.2, 0) is 14.8 Å². The first-order valence-corrected chi connectivity index (χ1v) is 8.95. The molecule has 0 saturated heterocycles. The van der Waals surface area contributed by atoms with Crippen LogP contribution in [0.5, 0.6) is 11.5 Å². The highest BCUT2D eigenvalue weighted by atomic mass is 32.2. The van der Waals surface area contributed by atoms with Crippen molar-refractivity contribution >= 4 is 33.3 Å². The van der Waals surface area contributed by atoms with Crippen LogP contribution in [0.25, 0.3) is 6.08 Å². The van der Waals surface area contributed by atoms with Crippen LogP contribution in [0.4, 0.5) is 0 Å². The Kier molecular flexibility index (Phi) is 4.10. The summed E-state index contributed by atoms with van der Waals surface area (Å²) in [5, 5.41) is 0. The van der Waals surface area contributed by atoms with Crippen LogP contribution in [-0.4, -0.2) is 21.1 Å². The molecule has 3 rings (SSSR count). The van der Waals surface area contributed by atoms with E-state index >= 15 is 0 Å². The summed E-state index contributed by atoms with van der Waals surface area (Å²) >= 11 is 1.11. The summed E-state index contributed by atoms with van der Waals surface area (Å²) in [6.07, 6.45) is 2.67. The third kappa shape index (κ3) is 3.54. The number of rotatable bonds is 4. The number of carbonyl (C=O) groups excluding carboxylic acids is 1. The summed E-state index contributed by atoms with van der Waals surface area (Å²) in [5.41, 5.74) is 0.703. The molecule has 1 N–H and O–H groups in total. The molecule has 2 aromatic rings. The minimum Gasteiger partial charge on any atom is -0.454 e. The van der Waals surface area contributed by atoms with E-state index < -0.39 is 15.9 Å². The quantitative estimate of drug-likeness (QED) is 0.855. The fourth-order valence-corrected chi connectivity index (χ4v) is 4.19. The molecule has 0 saturated carbocycles. The first kappa shape index (κ1) is 15.6. The van der Waals surface area contributed by atoms with Gasteiger partial charge in [-0.25, -0.2) is 13.1 Å². The normalized spacial score (nSPS) is 13.4. The minimum atomic E-state index is -3.83. The number of hydrogen-bond donors (Lipinski definition) is 1. The molecule has 2 heterocycles. The van der Waals surface area contributed by atoms with Crippen molar-refractivity contribution in [2.75, 3.05) is 6.79 Å². The number of benzene rings is 1.